The fourth-order valence-corrected chi connectivity index (χ4v) is 11.0. The van der Waals surface area contributed by atoms with Crippen LogP contribution >= 0.6 is 0 Å². The number of fused-ring (bicyclic) bond motifs is 3. The predicted molar refractivity (Wildman–Crippen MR) is 221 cm³/mol. The Kier molecular flexibility index (Phi) is 10.6. The lowest BCUT2D eigenvalue weighted by Crippen LogP contribution is -2.29. The molecule has 7 rings (SSSR count). The van der Waals surface area contributed by atoms with Crippen LogP contribution in [0.15, 0.2) is 154 Å². The molecule has 0 saturated carbocycles. The monoisotopic (exact) mass is 879 g/mol. The first-order valence-corrected chi connectivity index (χ1v) is 25.7. The third-order valence-corrected chi connectivity index (χ3v) is 13.1. The summed E-state index contributed by atoms with van der Waals surface area (Å²) in [6.45, 7) is 0. The summed E-state index contributed by atoms with van der Waals surface area (Å²) < 4.78 is 116. The molecular weight excluding hydrogens is 845 g/mol. The molecule has 0 amide bonds. The third kappa shape index (κ3) is 8.88. The molecule has 0 N–H and O–H groups in total. The average molecular weight is 880 g/mol. The molecule has 1 aliphatic rings. The van der Waals surface area contributed by atoms with Gasteiger partial charge in [0.2, 0.25) is 0 Å². The summed E-state index contributed by atoms with van der Waals surface area (Å²) in [6, 6.07) is 40.8. The lowest BCUT2D eigenvalue weighted by atomic mass is 9.67. The molecule has 58 heavy (non-hydrogen) atoms. The molecule has 6 aromatic rings. The third-order valence-electron chi connectivity index (χ3n) is 8.94. The molecule has 12 nitrogen and oxygen atoms in total. The van der Waals surface area contributed by atoms with E-state index in [-0.39, 0.29) is 23.0 Å². The lowest BCUT2D eigenvalue weighted by Gasteiger charge is -2.34. The van der Waals surface area contributed by atoms with Crippen LogP contribution in [0.1, 0.15) is 22.3 Å². The fraction of sp³-hybridized carbons (Fsp3) is 0.122. The standard InChI is InChI=1S/C41H35O12S5/c1-55(42,43)50-30-13-9-28(10-14-30)41(29-11-15-31(16-12-29)51-56(2,44)45)39-8-6-5-7-37(39)38-26-25-36(27-40(38)41)54(34-21-17-32(18-22-34)52-57(3,46)47)35-23-19-33(20-24-35)53-58(4,48)49/h5-27H,1-4H3/q+1. The second-order valence-electron chi connectivity index (χ2n) is 13.5. The number of benzene rings is 6. The summed E-state index contributed by atoms with van der Waals surface area (Å²) in [7, 11) is -16.1. The first-order chi connectivity index (χ1) is 27.2. The van der Waals surface area contributed by atoms with Gasteiger partial charge >= 0.3 is 40.5 Å². The van der Waals surface area contributed by atoms with E-state index in [1.54, 1.807) is 97.1 Å². The molecule has 0 bridgehead atoms. The molecule has 0 aliphatic heterocycles. The molecule has 6 aromatic carbocycles. The summed E-state index contributed by atoms with van der Waals surface area (Å²) in [5.74, 6) is 0.488. The number of rotatable bonds is 13. The van der Waals surface area contributed by atoms with Crippen LogP contribution in [0.2, 0.25) is 0 Å². The van der Waals surface area contributed by atoms with Crippen molar-refractivity contribution in [3.05, 3.63) is 162 Å². The first-order valence-electron chi connectivity index (χ1n) is 17.2. The van der Waals surface area contributed by atoms with Crippen LogP contribution in [0.4, 0.5) is 0 Å². The van der Waals surface area contributed by atoms with Crippen molar-refractivity contribution < 1.29 is 50.4 Å². The molecule has 300 valence electrons. The largest absolute Gasteiger partial charge is 0.383 e. The minimum atomic E-state index is -3.82. The first kappa shape index (κ1) is 40.9. The van der Waals surface area contributed by atoms with E-state index in [0.717, 1.165) is 73.1 Å². The van der Waals surface area contributed by atoms with Gasteiger partial charge in [0.1, 0.15) is 23.0 Å². The smallest absolute Gasteiger partial charge is 0.306 e. The van der Waals surface area contributed by atoms with Crippen LogP contribution in [-0.4, -0.2) is 58.7 Å². The predicted octanol–water partition coefficient (Wildman–Crippen LogP) is 6.50. The Hall–Kier alpha value is -5.33. The van der Waals surface area contributed by atoms with Gasteiger partial charge in [-0.3, -0.25) is 0 Å². The van der Waals surface area contributed by atoms with Gasteiger partial charge in [-0.05, 0) is 124 Å². The van der Waals surface area contributed by atoms with Gasteiger partial charge < -0.3 is 16.7 Å². The highest BCUT2D eigenvalue weighted by Crippen LogP contribution is 2.57. The molecule has 0 saturated heterocycles. The number of hydrogen-bond acceptors (Lipinski definition) is 12. The molecule has 0 heterocycles. The van der Waals surface area contributed by atoms with E-state index in [0.29, 0.717) is 0 Å². The molecular formula is C41H35O12S5+. The average Bonchev–Trinajstić information content (AvgIpc) is 3.42. The van der Waals surface area contributed by atoms with Crippen LogP contribution < -0.4 is 16.7 Å². The van der Waals surface area contributed by atoms with Gasteiger partial charge in [-0.1, -0.05) is 48.5 Å². The van der Waals surface area contributed by atoms with Gasteiger partial charge in [-0.15, -0.1) is 0 Å². The van der Waals surface area contributed by atoms with E-state index in [9.17, 15) is 33.7 Å². The summed E-state index contributed by atoms with van der Waals surface area (Å²) in [6.07, 6.45) is 3.84. The van der Waals surface area contributed by atoms with Gasteiger partial charge in [0.15, 0.2) is 14.7 Å². The van der Waals surface area contributed by atoms with Crippen LogP contribution in [0.3, 0.4) is 0 Å². The Morgan fingerprint density at radius 2 is 0.707 bits per heavy atom. The Morgan fingerprint density at radius 1 is 0.379 bits per heavy atom. The second kappa shape index (κ2) is 15.1. The zero-order valence-corrected chi connectivity index (χ0v) is 35.3. The molecule has 0 spiro atoms. The van der Waals surface area contributed by atoms with Crippen molar-refractivity contribution in [3.63, 3.8) is 0 Å². The normalized spacial score (nSPS) is 13.7. The highest BCUT2D eigenvalue weighted by Gasteiger charge is 2.47. The van der Waals surface area contributed by atoms with Crippen molar-refractivity contribution in [1.82, 2.24) is 0 Å². The van der Waals surface area contributed by atoms with Crippen LogP contribution in [0.5, 0.6) is 23.0 Å². The highest BCUT2D eigenvalue weighted by molar-refractivity contribution is 7.97. The van der Waals surface area contributed by atoms with E-state index in [4.69, 9.17) is 16.7 Å². The minimum Gasteiger partial charge on any atom is -0.383 e. The van der Waals surface area contributed by atoms with Gasteiger partial charge in [0, 0.05) is 0 Å². The van der Waals surface area contributed by atoms with Crippen LogP contribution in [0, 0.1) is 0 Å². The van der Waals surface area contributed by atoms with E-state index < -0.39 is 56.8 Å². The zero-order valence-electron chi connectivity index (χ0n) is 31.2. The van der Waals surface area contributed by atoms with Crippen LogP contribution in [0.25, 0.3) is 11.1 Å². The van der Waals surface area contributed by atoms with Crippen molar-refractivity contribution >= 4 is 51.4 Å². The maximum Gasteiger partial charge on any atom is 0.306 e. The zero-order chi connectivity index (χ0) is 41.7. The van der Waals surface area contributed by atoms with Crippen LogP contribution in [-0.2, 0) is 56.8 Å². The molecule has 0 radical (unpaired) electrons. The highest BCUT2D eigenvalue weighted by atomic mass is 32.2. The molecule has 17 heteroatoms. The van der Waals surface area contributed by atoms with Crippen molar-refractivity contribution in [2.75, 3.05) is 25.0 Å². The van der Waals surface area contributed by atoms with E-state index in [2.05, 4.69) is 6.07 Å². The summed E-state index contributed by atoms with van der Waals surface area (Å²) >= 11 is 0. The quantitative estimate of drug-likeness (QED) is 0.0911. The SMILES string of the molecule is CS(=O)(=O)Oc1ccc([S+](c2ccc(OS(C)(=O)=O)cc2)c2ccc3c(c2)C(c2ccc(OS(C)(=O)=O)cc2)(c2ccc(OS(C)(=O)=O)cc2)c2ccccc2-3)cc1. The van der Waals surface area contributed by atoms with E-state index in [1.165, 1.54) is 0 Å². The maximum absolute atomic E-state index is 12.0. The van der Waals surface area contributed by atoms with Gasteiger partial charge in [-0.2, -0.15) is 33.7 Å². The molecule has 0 aromatic heterocycles. The minimum absolute atomic E-state index is 0.117. The topological polar surface area (TPSA) is 173 Å². The second-order valence-corrected chi connectivity index (χ2v) is 21.8. The summed E-state index contributed by atoms with van der Waals surface area (Å²) in [5.41, 5.74) is 4.04. The van der Waals surface area contributed by atoms with Crippen molar-refractivity contribution in [2.45, 2.75) is 20.1 Å². The van der Waals surface area contributed by atoms with E-state index >= 15 is 0 Å². The Labute approximate surface area is 340 Å². The van der Waals surface area contributed by atoms with Crippen molar-refractivity contribution in [2.24, 2.45) is 0 Å². The maximum atomic E-state index is 12.0. The Bertz CT molecular complexity index is 2810. The molecule has 1 aliphatic carbocycles. The van der Waals surface area contributed by atoms with Crippen molar-refractivity contribution in [1.29, 1.82) is 0 Å². The van der Waals surface area contributed by atoms with Gasteiger partial charge in [0.25, 0.3) is 0 Å². The molecule has 0 fully saturated rings. The van der Waals surface area contributed by atoms with Gasteiger partial charge in [0.05, 0.1) is 41.3 Å². The molecule has 0 unspecified atom stereocenters. The fourth-order valence-electron chi connectivity index (χ4n) is 7.07. The van der Waals surface area contributed by atoms with Gasteiger partial charge in [-0.25, -0.2) is 0 Å². The lowest BCUT2D eigenvalue weighted by molar-refractivity contribution is 0.490. The van der Waals surface area contributed by atoms with Crippen molar-refractivity contribution in [3.8, 4) is 34.1 Å². The Morgan fingerprint density at radius 3 is 1.09 bits per heavy atom. The summed E-state index contributed by atoms with van der Waals surface area (Å²) in [5, 5.41) is 0. The Balaban J connectivity index is 1.47. The molecule has 0 atom stereocenters. The van der Waals surface area contributed by atoms with E-state index in [1.807, 2.05) is 36.4 Å². The number of hydrogen-bond donors (Lipinski definition) is 0. The summed E-state index contributed by atoms with van der Waals surface area (Å²) in [4.78, 5) is 2.39.